The van der Waals surface area contributed by atoms with E-state index in [0.717, 1.165) is 16.2 Å². The average molecular weight is 473 g/mol. The minimum absolute atomic E-state index is 0.0470. The third-order valence-electron chi connectivity index (χ3n) is 5.34. The number of nitrogens with one attached hydrogen (secondary N) is 1. The van der Waals surface area contributed by atoms with E-state index in [1.54, 1.807) is 18.4 Å². The second-order valence-electron chi connectivity index (χ2n) is 8.11. The van der Waals surface area contributed by atoms with Crippen molar-refractivity contribution in [3.8, 4) is 11.5 Å². The highest BCUT2D eigenvalue weighted by Crippen LogP contribution is 2.39. The summed E-state index contributed by atoms with van der Waals surface area (Å²) in [7, 11) is 1.56. The third kappa shape index (κ3) is 5.28. The van der Waals surface area contributed by atoms with Crippen molar-refractivity contribution in [2.24, 2.45) is 5.10 Å². The van der Waals surface area contributed by atoms with E-state index in [0.29, 0.717) is 31.1 Å². The molecule has 9 nitrogen and oxygen atoms in total. The van der Waals surface area contributed by atoms with Gasteiger partial charge in [0.1, 0.15) is 6.54 Å². The summed E-state index contributed by atoms with van der Waals surface area (Å²) in [5.74, 6) is 1.08. The van der Waals surface area contributed by atoms with Crippen LogP contribution in [0.25, 0.3) is 0 Å². The van der Waals surface area contributed by atoms with Crippen molar-refractivity contribution in [3.63, 3.8) is 0 Å². The first-order valence-electron chi connectivity index (χ1n) is 10.8. The van der Waals surface area contributed by atoms with Gasteiger partial charge in [-0.05, 0) is 43.0 Å². The van der Waals surface area contributed by atoms with Crippen LogP contribution in [-0.4, -0.2) is 67.2 Å². The van der Waals surface area contributed by atoms with Gasteiger partial charge in [-0.25, -0.2) is 9.80 Å². The lowest BCUT2D eigenvalue weighted by Crippen LogP contribution is -2.48. The molecule has 176 valence electrons. The van der Waals surface area contributed by atoms with Crippen molar-refractivity contribution < 1.29 is 23.8 Å². The summed E-state index contributed by atoms with van der Waals surface area (Å²) < 4.78 is 16.1. The number of methoxy groups -OCH3 is 1. The SMILES string of the molecule is COCCN(CC(=O)N1N=C(c2cccs2)C[C@H]1c1ccc2c(c1)OCO2)C(=O)NC(C)C. The van der Waals surface area contributed by atoms with E-state index in [2.05, 4.69) is 10.4 Å². The molecular weight excluding hydrogens is 444 g/mol. The molecule has 0 aliphatic carbocycles. The Morgan fingerprint density at radius 1 is 1.30 bits per heavy atom. The number of rotatable bonds is 8. The number of thiophene rings is 1. The van der Waals surface area contributed by atoms with Crippen molar-refractivity contribution in [2.45, 2.75) is 32.4 Å². The summed E-state index contributed by atoms with van der Waals surface area (Å²) in [5, 5.41) is 11.0. The molecule has 2 aromatic rings. The Morgan fingerprint density at radius 3 is 2.85 bits per heavy atom. The zero-order valence-corrected chi connectivity index (χ0v) is 19.8. The van der Waals surface area contributed by atoms with Crippen molar-refractivity contribution in [2.75, 3.05) is 33.6 Å². The Morgan fingerprint density at radius 2 is 2.12 bits per heavy atom. The van der Waals surface area contributed by atoms with Gasteiger partial charge in [-0.15, -0.1) is 11.3 Å². The van der Waals surface area contributed by atoms with Crippen molar-refractivity contribution >= 4 is 29.0 Å². The summed E-state index contributed by atoms with van der Waals surface area (Å²) in [6.07, 6.45) is 0.572. The van der Waals surface area contributed by atoms with Crippen LogP contribution in [0.1, 0.15) is 36.8 Å². The van der Waals surface area contributed by atoms with Gasteiger partial charge >= 0.3 is 6.03 Å². The lowest BCUT2D eigenvalue weighted by atomic mass is 10.0. The van der Waals surface area contributed by atoms with E-state index in [-0.39, 0.29) is 37.4 Å². The maximum absolute atomic E-state index is 13.4. The van der Waals surface area contributed by atoms with E-state index in [9.17, 15) is 9.59 Å². The van der Waals surface area contributed by atoms with E-state index < -0.39 is 0 Å². The molecule has 0 fully saturated rings. The normalized spacial score (nSPS) is 16.8. The molecule has 0 spiro atoms. The molecule has 0 unspecified atom stereocenters. The predicted molar refractivity (Wildman–Crippen MR) is 125 cm³/mol. The van der Waals surface area contributed by atoms with Crippen LogP contribution in [0.15, 0.2) is 40.8 Å². The summed E-state index contributed by atoms with van der Waals surface area (Å²) >= 11 is 1.58. The fourth-order valence-electron chi connectivity index (χ4n) is 3.74. The van der Waals surface area contributed by atoms with Gasteiger partial charge in [0, 0.05) is 26.1 Å². The van der Waals surface area contributed by atoms with E-state index in [1.807, 2.05) is 49.6 Å². The van der Waals surface area contributed by atoms with Crippen LogP contribution in [0.3, 0.4) is 0 Å². The van der Waals surface area contributed by atoms with Crippen LogP contribution in [0.4, 0.5) is 4.79 Å². The fraction of sp³-hybridized carbons (Fsp3) is 0.435. The Balaban J connectivity index is 1.58. The number of urea groups is 1. The Kier molecular flexibility index (Phi) is 7.14. The molecule has 3 amide bonds. The highest BCUT2D eigenvalue weighted by molar-refractivity contribution is 7.12. The van der Waals surface area contributed by atoms with E-state index in [1.165, 1.54) is 9.91 Å². The van der Waals surface area contributed by atoms with Crippen molar-refractivity contribution in [1.82, 2.24) is 15.2 Å². The molecule has 4 rings (SSSR count). The summed E-state index contributed by atoms with van der Waals surface area (Å²) in [6, 6.07) is 8.98. The number of carbonyl (C=O) groups is 2. The number of nitrogens with zero attached hydrogens (tertiary/aromatic N) is 3. The molecule has 0 bridgehead atoms. The molecule has 3 heterocycles. The number of hydrogen-bond acceptors (Lipinski definition) is 7. The number of ether oxygens (including phenoxy) is 3. The van der Waals surface area contributed by atoms with Crippen molar-refractivity contribution in [1.29, 1.82) is 0 Å². The molecular formula is C23H28N4O5S. The fourth-order valence-corrected chi connectivity index (χ4v) is 4.46. The van der Waals surface area contributed by atoms with Gasteiger partial charge < -0.3 is 24.4 Å². The first kappa shape index (κ1) is 23.1. The first-order chi connectivity index (χ1) is 16.0. The molecule has 2 aliphatic heterocycles. The van der Waals surface area contributed by atoms with Crippen LogP contribution in [0.2, 0.25) is 0 Å². The molecule has 2 aliphatic rings. The minimum Gasteiger partial charge on any atom is -0.454 e. The number of hydrogen-bond donors (Lipinski definition) is 1. The van der Waals surface area contributed by atoms with Gasteiger partial charge in [0.15, 0.2) is 11.5 Å². The molecule has 1 aromatic heterocycles. The zero-order valence-electron chi connectivity index (χ0n) is 18.9. The predicted octanol–water partition coefficient (Wildman–Crippen LogP) is 3.22. The molecule has 0 saturated carbocycles. The monoisotopic (exact) mass is 472 g/mol. The molecule has 33 heavy (non-hydrogen) atoms. The lowest BCUT2D eigenvalue weighted by Gasteiger charge is -2.27. The van der Waals surface area contributed by atoms with Crippen LogP contribution in [-0.2, 0) is 9.53 Å². The number of amides is 3. The highest BCUT2D eigenvalue weighted by atomic mass is 32.1. The molecule has 0 saturated heterocycles. The Labute approximate surface area is 196 Å². The van der Waals surface area contributed by atoms with E-state index in [4.69, 9.17) is 14.2 Å². The van der Waals surface area contributed by atoms with Crippen LogP contribution in [0, 0.1) is 0 Å². The number of fused-ring (bicyclic) bond motifs is 1. The third-order valence-corrected chi connectivity index (χ3v) is 6.26. The van der Waals surface area contributed by atoms with Gasteiger partial charge in [-0.2, -0.15) is 5.10 Å². The van der Waals surface area contributed by atoms with Gasteiger partial charge in [0.25, 0.3) is 5.91 Å². The standard InChI is InChI=1S/C23H28N4O5S/c1-15(2)24-23(29)26(8-9-30-3)13-22(28)27-18(12-17(25-27)21-5-4-10-33-21)16-6-7-19-20(11-16)32-14-31-19/h4-7,10-11,15,18H,8-9,12-14H2,1-3H3,(H,24,29)/t18-/m0/s1. The second-order valence-corrected chi connectivity index (χ2v) is 9.06. The van der Waals surface area contributed by atoms with E-state index >= 15 is 0 Å². The topological polar surface area (TPSA) is 92.7 Å². The maximum Gasteiger partial charge on any atom is 0.318 e. The van der Waals surface area contributed by atoms with Crippen LogP contribution in [0.5, 0.6) is 11.5 Å². The van der Waals surface area contributed by atoms with Crippen LogP contribution >= 0.6 is 11.3 Å². The quantitative estimate of drug-likeness (QED) is 0.637. The smallest absolute Gasteiger partial charge is 0.318 e. The second kappa shape index (κ2) is 10.2. The summed E-state index contributed by atoms with van der Waals surface area (Å²) in [4.78, 5) is 28.6. The largest absolute Gasteiger partial charge is 0.454 e. The zero-order chi connectivity index (χ0) is 23.4. The maximum atomic E-state index is 13.4. The lowest BCUT2D eigenvalue weighted by molar-refractivity contribution is -0.133. The van der Waals surface area contributed by atoms with Gasteiger partial charge in [0.05, 0.1) is 23.2 Å². The highest BCUT2D eigenvalue weighted by Gasteiger charge is 2.35. The first-order valence-corrected chi connectivity index (χ1v) is 11.7. The molecule has 1 atom stereocenters. The summed E-state index contributed by atoms with van der Waals surface area (Å²) in [6.45, 7) is 4.45. The molecule has 10 heteroatoms. The van der Waals surface area contributed by atoms with Gasteiger partial charge in [-0.3, -0.25) is 4.79 Å². The van der Waals surface area contributed by atoms with Gasteiger partial charge in [0.2, 0.25) is 6.79 Å². The van der Waals surface area contributed by atoms with Gasteiger partial charge in [-0.1, -0.05) is 12.1 Å². The number of benzene rings is 1. The number of hydrazone groups is 1. The molecule has 0 radical (unpaired) electrons. The Hall–Kier alpha value is -3.11. The summed E-state index contributed by atoms with van der Waals surface area (Å²) in [5.41, 5.74) is 1.74. The minimum atomic E-state index is -0.309. The Bertz CT molecular complexity index is 1020. The molecule has 1 aromatic carbocycles. The van der Waals surface area contributed by atoms with Crippen LogP contribution < -0.4 is 14.8 Å². The average Bonchev–Trinajstić information content (AvgIpc) is 3.55. The van der Waals surface area contributed by atoms with Crippen molar-refractivity contribution in [3.05, 3.63) is 46.2 Å². The molecule has 1 N–H and O–H groups in total. The number of carbonyl (C=O) groups excluding carboxylic acids is 2.